The number of benzene rings is 1. The molecule has 1 aromatic heterocycles. The van der Waals surface area contributed by atoms with E-state index in [2.05, 4.69) is 0 Å². The summed E-state index contributed by atoms with van der Waals surface area (Å²) in [7, 11) is 0. The van der Waals surface area contributed by atoms with E-state index in [0.717, 1.165) is 34.0 Å². The molecule has 1 aromatic carbocycles. The first kappa shape index (κ1) is 13.9. The van der Waals surface area contributed by atoms with Crippen LogP contribution in [0.3, 0.4) is 0 Å². The number of nitrogens with zero attached hydrogens (tertiary/aromatic N) is 2. The van der Waals surface area contributed by atoms with Crippen LogP contribution in [0.5, 0.6) is 0 Å². The SMILES string of the molecule is CCc1c(-c2ccccc2)[n+](=O)c2c(n1[O-])CCCCC2. The van der Waals surface area contributed by atoms with Gasteiger partial charge < -0.3 is 9.94 Å². The average Bonchev–Trinajstić information content (AvgIpc) is 2.77. The molecule has 110 valence electrons. The smallest absolute Gasteiger partial charge is 0.289 e. The van der Waals surface area contributed by atoms with Gasteiger partial charge in [0.25, 0.3) is 11.4 Å². The van der Waals surface area contributed by atoms with E-state index < -0.39 is 0 Å². The molecule has 0 radical (unpaired) electrons. The van der Waals surface area contributed by atoms with Gasteiger partial charge in [-0.05, 0) is 37.8 Å². The van der Waals surface area contributed by atoms with Crippen molar-refractivity contribution in [2.75, 3.05) is 0 Å². The summed E-state index contributed by atoms with van der Waals surface area (Å²) in [6.07, 6.45) is 5.02. The lowest BCUT2D eigenvalue weighted by Crippen LogP contribution is -2.31. The molecule has 0 spiro atoms. The van der Waals surface area contributed by atoms with Gasteiger partial charge >= 0.3 is 0 Å². The molecule has 0 atom stereocenters. The topological polar surface area (TPSA) is 51.0 Å². The van der Waals surface area contributed by atoms with Crippen LogP contribution in [0.4, 0.5) is 0 Å². The van der Waals surface area contributed by atoms with E-state index in [1.807, 2.05) is 37.3 Å². The monoisotopic (exact) mass is 284 g/mol. The Morgan fingerprint density at radius 2 is 1.86 bits per heavy atom. The highest BCUT2D eigenvalue weighted by Gasteiger charge is 2.28. The van der Waals surface area contributed by atoms with E-state index in [1.165, 1.54) is 0 Å². The van der Waals surface area contributed by atoms with E-state index in [1.54, 1.807) is 0 Å². The van der Waals surface area contributed by atoms with Gasteiger partial charge in [-0.25, -0.2) is 0 Å². The van der Waals surface area contributed by atoms with E-state index in [4.69, 9.17) is 0 Å². The summed E-state index contributed by atoms with van der Waals surface area (Å²) in [6.45, 7) is 1.93. The van der Waals surface area contributed by atoms with E-state index in [0.29, 0.717) is 42.0 Å². The molecule has 0 amide bonds. The molecule has 1 aliphatic rings. The molecule has 0 bridgehead atoms. The first-order valence-electron chi connectivity index (χ1n) is 7.69. The maximum Gasteiger partial charge on any atom is 0.289 e. The van der Waals surface area contributed by atoms with Gasteiger partial charge in [0.2, 0.25) is 0 Å². The highest BCUT2D eigenvalue weighted by Crippen LogP contribution is 2.25. The molecule has 2 aromatic rings. The van der Waals surface area contributed by atoms with Crippen molar-refractivity contribution in [3.05, 3.63) is 57.5 Å². The number of aromatic nitrogens is 2. The molecule has 21 heavy (non-hydrogen) atoms. The molecule has 4 nitrogen and oxygen atoms in total. The first-order valence-corrected chi connectivity index (χ1v) is 7.69. The maximum atomic E-state index is 12.9. The van der Waals surface area contributed by atoms with Crippen molar-refractivity contribution in [2.45, 2.75) is 45.4 Å². The summed E-state index contributed by atoms with van der Waals surface area (Å²) in [5, 5.41) is 12.7. The van der Waals surface area contributed by atoms with E-state index in [9.17, 15) is 10.1 Å². The predicted molar refractivity (Wildman–Crippen MR) is 82.6 cm³/mol. The summed E-state index contributed by atoms with van der Waals surface area (Å²) in [4.78, 5) is 12.9. The Balaban J connectivity index is 2.32. The maximum absolute atomic E-state index is 12.9. The van der Waals surface area contributed by atoms with Gasteiger partial charge in [-0.3, -0.25) is 0 Å². The third-order valence-corrected chi connectivity index (χ3v) is 4.25. The highest BCUT2D eigenvalue weighted by molar-refractivity contribution is 5.59. The fraction of sp³-hybridized carbons (Fsp3) is 0.412. The van der Waals surface area contributed by atoms with Crippen LogP contribution in [-0.2, 0) is 19.3 Å². The molecule has 0 saturated heterocycles. The molecule has 3 rings (SSSR count). The third-order valence-electron chi connectivity index (χ3n) is 4.25. The van der Waals surface area contributed by atoms with Crippen LogP contribution in [-0.4, -0.2) is 4.73 Å². The lowest BCUT2D eigenvalue weighted by atomic mass is 10.1. The number of hydrogen-bond acceptors (Lipinski definition) is 2. The fourth-order valence-electron chi connectivity index (χ4n) is 3.19. The van der Waals surface area contributed by atoms with Crippen LogP contribution in [0.1, 0.15) is 43.3 Å². The van der Waals surface area contributed by atoms with Crippen LogP contribution in [0.15, 0.2) is 30.3 Å². The second kappa shape index (κ2) is 5.72. The molecule has 0 saturated carbocycles. The van der Waals surface area contributed by atoms with Crippen LogP contribution in [0, 0.1) is 10.1 Å². The van der Waals surface area contributed by atoms with Gasteiger partial charge in [0.1, 0.15) is 0 Å². The number of rotatable bonds is 2. The minimum Gasteiger partial charge on any atom is -0.805 e. The summed E-state index contributed by atoms with van der Waals surface area (Å²) < 4.78 is 2.04. The third kappa shape index (κ3) is 2.35. The van der Waals surface area contributed by atoms with E-state index in [-0.39, 0.29) is 0 Å². The highest BCUT2D eigenvalue weighted by atomic mass is 16.5. The normalized spacial score (nSPS) is 14.5. The van der Waals surface area contributed by atoms with Crippen molar-refractivity contribution in [3.63, 3.8) is 0 Å². The Hall–Kier alpha value is -2.10. The number of hydrogen-bond donors (Lipinski definition) is 0. The van der Waals surface area contributed by atoms with Crippen LogP contribution >= 0.6 is 0 Å². The summed E-state index contributed by atoms with van der Waals surface area (Å²) in [5.41, 5.74) is 3.27. The lowest BCUT2D eigenvalue weighted by Gasteiger charge is -2.21. The fourth-order valence-corrected chi connectivity index (χ4v) is 3.19. The van der Waals surface area contributed by atoms with Gasteiger partial charge in [0.15, 0.2) is 0 Å². The Morgan fingerprint density at radius 1 is 1.14 bits per heavy atom. The zero-order valence-electron chi connectivity index (χ0n) is 12.3. The summed E-state index contributed by atoms with van der Waals surface area (Å²) >= 11 is 0. The van der Waals surface area contributed by atoms with Gasteiger partial charge in [0.05, 0.1) is 21.4 Å². The second-order valence-corrected chi connectivity index (χ2v) is 5.56. The van der Waals surface area contributed by atoms with Gasteiger partial charge in [-0.1, -0.05) is 31.5 Å². The minimum absolute atomic E-state index is 0.522. The molecule has 0 unspecified atom stereocenters. The standard InChI is InChI=1S/C17H20N2O2/c1-2-14-17(13-9-5-3-6-10-13)19(21)16-12-8-4-7-11-15(16)18(14)20/h3,5-6,9-10H,2,4,7-8,11-12H2,1H3. The Labute approximate surface area is 124 Å². The van der Waals surface area contributed by atoms with Crippen LogP contribution in [0.25, 0.3) is 11.3 Å². The van der Waals surface area contributed by atoms with Gasteiger partial charge in [0, 0.05) is 11.3 Å². The molecule has 1 aliphatic carbocycles. The number of fused-ring (bicyclic) bond motifs is 1. The minimum atomic E-state index is 0.522. The van der Waals surface area contributed by atoms with Crippen molar-refractivity contribution < 1.29 is 4.43 Å². The van der Waals surface area contributed by atoms with Crippen molar-refractivity contribution >= 4 is 0 Å². The van der Waals surface area contributed by atoms with Gasteiger partial charge in [-0.15, -0.1) is 0 Å². The molecule has 1 heterocycles. The molecular formula is C17H20N2O2. The summed E-state index contributed by atoms with van der Waals surface area (Å²) in [6, 6.07) is 9.50. The Bertz CT molecular complexity index is 705. The quantitative estimate of drug-likeness (QED) is 0.628. The zero-order valence-corrected chi connectivity index (χ0v) is 12.3. The van der Waals surface area contributed by atoms with Crippen molar-refractivity contribution in [3.8, 4) is 11.3 Å². The van der Waals surface area contributed by atoms with Crippen molar-refractivity contribution in [2.24, 2.45) is 0 Å². The van der Waals surface area contributed by atoms with Crippen molar-refractivity contribution in [1.29, 1.82) is 0 Å². The zero-order chi connectivity index (χ0) is 14.8. The second-order valence-electron chi connectivity index (χ2n) is 5.56. The first-order chi connectivity index (χ1) is 10.2. The molecular weight excluding hydrogens is 264 g/mol. The molecule has 0 aliphatic heterocycles. The van der Waals surface area contributed by atoms with Crippen molar-refractivity contribution in [1.82, 2.24) is 4.73 Å². The largest absolute Gasteiger partial charge is 0.805 e. The van der Waals surface area contributed by atoms with Crippen LogP contribution in [0.2, 0.25) is 0 Å². The van der Waals surface area contributed by atoms with Crippen LogP contribution < -0.4 is 4.43 Å². The van der Waals surface area contributed by atoms with Gasteiger partial charge in [-0.2, -0.15) is 0 Å². The predicted octanol–water partition coefficient (Wildman–Crippen LogP) is 3.25. The lowest BCUT2D eigenvalue weighted by molar-refractivity contribution is -0.494. The Kier molecular flexibility index (Phi) is 3.78. The van der Waals surface area contributed by atoms with E-state index >= 15 is 0 Å². The Morgan fingerprint density at radius 3 is 2.57 bits per heavy atom. The summed E-state index contributed by atoms with van der Waals surface area (Å²) in [5.74, 6) is 0. The molecule has 0 fully saturated rings. The average molecular weight is 284 g/mol. The molecule has 0 N–H and O–H groups in total. The molecule has 4 heteroatoms.